The summed E-state index contributed by atoms with van der Waals surface area (Å²) in [6, 6.07) is 29.4. The lowest BCUT2D eigenvalue weighted by atomic mass is 9.88. The molecule has 0 saturated heterocycles. The van der Waals surface area contributed by atoms with Crippen LogP contribution in [0.2, 0.25) is 0 Å². The summed E-state index contributed by atoms with van der Waals surface area (Å²) in [6.07, 6.45) is 4.65. The molecule has 0 saturated carbocycles. The van der Waals surface area contributed by atoms with Crippen molar-refractivity contribution in [2.45, 2.75) is 25.3 Å². The molecule has 2 N–H and O–H groups in total. The van der Waals surface area contributed by atoms with Crippen molar-refractivity contribution in [2.24, 2.45) is 0 Å². The van der Waals surface area contributed by atoms with Gasteiger partial charge in [0.1, 0.15) is 5.76 Å². The standard InChI is InChI=1S/C30H29N3O4/c1-22(31-20-8-11-23-9-4-2-5-10-23)28(24-14-16-26(17-15-24)33(35)36)21-27-18-19-29(37-27)30(34)32-25-12-6-3-7-13-25/h2-19,22,28,31H,20-21H2,1H3,(H,32,34)/b11-8+. The minimum absolute atomic E-state index is 0.0218. The molecule has 7 nitrogen and oxygen atoms in total. The Morgan fingerprint density at radius 1 is 0.946 bits per heavy atom. The van der Waals surface area contributed by atoms with Crippen LogP contribution in [0.15, 0.2) is 108 Å². The third-order valence-corrected chi connectivity index (χ3v) is 6.14. The average Bonchev–Trinajstić information content (AvgIpc) is 3.40. The van der Waals surface area contributed by atoms with Gasteiger partial charge in [-0.15, -0.1) is 0 Å². The van der Waals surface area contributed by atoms with Gasteiger partial charge in [-0.2, -0.15) is 0 Å². The third kappa shape index (κ3) is 7.25. The molecule has 0 spiro atoms. The van der Waals surface area contributed by atoms with Crippen molar-refractivity contribution in [2.75, 3.05) is 11.9 Å². The van der Waals surface area contributed by atoms with E-state index in [1.54, 1.807) is 24.3 Å². The molecule has 0 fully saturated rings. The molecule has 2 atom stereocenters. The number of nitrogens with zero attached hydrogens (tertiary/aromatic N) is 1. The fourth-order valence-corrected chi connectivity index (χ4v) is 4.12. The Morgan fingerprint density at radius 2 is 1.62 bits per heavy atom. The number of non-ortho nitro benzene ring substituents is 1. The smallest absolute Gasteiger partial charge is 0.291 e. The highest BCUT2D eigenvalue weighted by atomic mass is 16.6. The van der Waals surface area contributed by atoms with E-state index >= 15 is 0 Å². The van der Waals surface area contributed by atoms with Crippen LogP contribution in [-0.4, -0.2) is 23.4 Å². The zero-order valence-corrected chi connectivity index (χ0v) is 20.5. The second-order valence-corrected chi connectivity index (χ2v) is 8.76. The van der Waals surface area contributed by atoms with E-state index in [1.165, 1.54) is 12.1 Å². The lowest BCUT2D eigenvalue weighted by molar-refractivity contribution is -0.384. The Balaban J connectivity index is 1.47. The molecule has 0 aliphatic carbocycles. The van der Waals surface area contributed by atoms with Gasteiger partial charge in [-0.1, -0.05) is 72.8 Å². The molecule has 0 aliphatic rings. The summed E-state index contributed by atoms with van der Waals surface area (Å²) in [5.74, 6) is 0.534. The number of nitro groups is 1. The predicted molar refractivity (Wildman–Crippen MR) is 146 cm³/mol. The third-order valence-electron chi connectivity index (χ3n) is 6.14. The molecule has 4 rings (SSSR count). The van der Waals surface area contributed by atoms with Gasteiger partial charge in [0.05, 0.1) is 4.92 Å². The lowest BCUT2D eigenvalue weighted by Crippen LogP contribution is -2.33. The maximum absolute atomic E-state index is 12.6. The highest BCUT2D eigenvalue weighted by molar-refractivity contribution is 6.02. The van der Waals surface area contributed by atoms with E-state index in [1.807, 2.05) is 60.7 Å². The molecular weight excluding hydrogens is 466 g/mol. The SMILES string of the molecule is CC(NC/C=C/c1ccccc1)C(Cc1ccc(C(=O)Nc2ccccc2)o1)c1ccc([N+](=O)[O-])cc1. The molecule has 4 aromatic rings. The average molecular weight is 496 g/mol. The van der Waals surface area contributed by atoms with Crippen molar-refractivity contribution in [1.29, 1.82) is 0 Å². The van der Waals surface area contributed by atoms with Crippen LogP contribution >= 0.6 is 0 Å². The van der Waals surface area contributed by atoms with Crippen molar-refractivity contribution in [1.82, 2.24) is 5.32 Å². The second-order valence-electron chi connectivity index (χ2n) is 8.76. The number of amides is 1. The molecular formula is C30H29N3O4. The van der Waals surface area contributed by atoms with Crippen molar-refractivity contribution in [3.8, 4) is 0 Å². The van der Waals surface area contributed by atoms with Crippen LogP contribution < -0.4 is 10.6 Å². The molecule has 1 aromatic heterocycles. The molecule has 0 bridgehead atoms. The maximum atomic E-state index is 12.6. The number of nitrogens with one attached hydrogen (secondary N) is 2. The summed E-state index contributed by atoms with van der Waals surface area (Å²) in [7, 11) is 0. The first kappa shape index (κ1) is 25.6. The minimum atomic E-state index is -0.404. The topological polar surface area (TPSA) is 97.4 Å². The van der Waals surface area contributed by atoms with Crippen LogP contribution in [-0.2, 0) is 6.42 Å². The number of rotatable bonds is 11. The van der Waals surface area contributed by atoms with Crippen LogP contribution in [0.1, 0.15) is 40.3 Å². The molecule has 37 heavy (non-hydrogen) atoms. The number of benzene rings is 3. The van der Waals surface area contributed by atoms with Gasteiger partial charge in [-0.05, 0) is 42.3 Å². The summed E-state index contributed by atoms with van der Waals surface area (Å²) in [5, 5.41) is 17.5. The van der Waals surface area contributed by atoms with Crippen molar-refractivity contribution < 1.29 is 14.1 Å². The van der Waals surface area contributed by atoms with Gasteiger partial charge in [0.15, 0.2) is 5.76 Å². The summed E-state index contributed by atoms with van der Waals surface area (Å²) in [6.45, 7) is 2.73. The molecule has 1 amide bonds. The van der Waals surface area contributed by atoms with E-state index in [9.17, 15) is 14.9 Å². The minimum Gasteiger partial charge on any atom is -0.456 e. The molecule has 1 heterocycles. The van der Waals surface area contributed by atoms with Crippen molar-refractivity contribution in [3.63, 3.8) is 0 Å². The number of hydrogen-bond acceptors (Lipinski definition) is 5. The summed E-state index contributed by atoms with van der Waals surface area (Å²) >= 11 is 0. The Bertz CT molecular complexity index is 1330. The lowest BCUT2D eigenvalue weighted by Gasteiger charge is -2.24. The summed E-state index contributed by atoms with van der Waals surface area (Å²) in [4.78, 5) is 23.3. The highest BCUT2D eigenvalue weighted by Crippen LogP contribution is 2.27. The number of para-hydroxylation sites is 1. The number of carbonyl (C=O) groups is 1. The van der Waals surface area contributed by atoms with Gasteiger partial charge >= 0.3 is 0 Å². The van der Waals surface area contributed by atoms with E-state index in [0.29, 0.717) is 24.4 Å². The quantitative estimate of drug-likeness (QED) is 0.184. The molecule has 3 aromatic carbocycles. The Labute approximate surface area is 216 Å². The molecule has 7 heteroatoms. The fraction of sp³-hybridized carbons (Fsp3) is 0.167. The molecule has 0 aliphatic heterocycles. The first-order chi connectivity index (χ1) is 18.0. The van der Waals surface area contributed by atoms with Gasteiger partial charge in [-0.25, -0.2) is 0 Å². The summed E-state index contributed by atoms with van der Waals surface area (Å²) in [5.41, 5.74) is 2.81. The summed E-state index contributed by atoms with van der Waals surface area (Å²) < 4.78 is 5.90. The Kier molecular flexibility index (Phi) is 8.62. The van der Waals surface area contributed by atoms with Crippen LogP contribution in [0.5, 0.6) is 0 Å². The van der Waals surface area contributed by atoms with Crippen LogP contribution in [0.3, 0.4) is 0 Å². The second kappa shape index (κ2) is 12.5. The normalized spacial score (nSPS) is 12.8. The molecule has 188 valence electrons. The van der Waals surface area contributed by atoms with Crippen LogP contribution in [0, 0.1) is 10.1 Å². The first-order valence-electron chi connectivity index (χ1n) is 12.1. The number of nitro benzene ring substituents is 1. The zero-order valence-electron chi connectivity index (χ0n) is 20.5. The van der Waals surface area contributed by atoms with E-state index in [0.717, 1.165) is 11.1 Å². The Morgan fingerprint density at radius 3 is 2.30 bits per heavy atom. The van der Waals surface area contributed by atoms with E-state index in [4.69, 9.17) is 4.42 Å². The Hall–Kier alpha value is -4.49. The van der Waals surface area contributed by atoms with Gasteiger partial charge in [0.2, 0.25) is 0 Å². The number of hydrogen-bond donors (Lipinski definition) is 2. The molecule has 2 unspecified atom stereocenters. The van der Waals surface area contributed by atoms with Gasteiger partial charge in [0.25, 0.3) is 11.6 Å². The van der Waals surface area contributed by atoms with Crippen molar-refractivity contribution in [3.05, 3.63) is 136 Å². The van der Waals surface area contributed by atoms with Crippen LogP contribution in [0.25, 0.3) is 6.08 Å². The first-order valence-corrected chi connectivity index (χ1v) is 12.1. The van der Waals surface area contributed by atoms with Gasteiger partial charge < -0.3 is 15.1 Å². The monoisotopic (exact) mass is 495 g/mol. The maximum Gasteiger partial charge on any atom is 0.291 e. The largest absolute Gasteiger partial charge is 0.456 e. The van der Waals surface area contributed by atoms with E-state index < -0.39 is 4.92 Å². The van der Waals surface area contributed by atoms with Gasteiger partial charge in [-0.3, -0.25) is 14.9 Å². The van der Waals surface area contributed by atoms with E-state index in [-0.39, 0.29) is 29.3 Å². The van der Waals surface area contributed by atoms with Gasteiger partial charge in [0, 0.05) is 42.7 Å². The highest BCUT2D eigenvalue weighted by Gasteiger charge is 2.23. The molecule has 0 radical (unpaired) electrons. The van der Waals surface area contributed by atoms with Crippen LogP contribution in [0.4, 0.5) is 11.4 Å². The number of furan rings is 1. The van der Waals surface area contributed by atoms with Crippen molar-refractivity contribution >= 4 is 23.4 Å². The number of carbonyl (C=O) groups excluding carboxylic acids is 1. The number of anilines is 1. The zero-order chi connectivity index (χ0) is 26.0. The predicted octanol–water partition coefficient (Wildman–Crippen LogP) is 6.46. The van der Waals surface area contributed by atoms with E-state index in [2.05, 4.69) is 29.7 Å². The fourth-order valence-electron chi connectivity index (χ4n) is 4.12.